The van der Waals surface area contributed by atoms with Gasteiger partial charge in [0.05, 0.1) is 4.90 Å². The number of pyridine rings is 1. The normalized spacial score (nSPS) is 13.5. The maximum atomic E-state index is 12.5. The summed E-state index contributed by atoms with van der Waals surface area (Å²) >= 11 is 0. The van der Waals surface area contributed by atoms with Crippen molar-refractivity contribution in [3.63, 3.8) is 0 Å². The van der Waals surface area contributed by atoms with Gasteiger partial charge in [-0.2, -0.15) is 0 Å². The lowest BCUT2D eigenvalue weighted by atomic mass is 10.2. The molecule has 2 N–H and O–H groups in total. The first kappa shape index (κ1) is 18.3. The number of carbonyl (C=O) groups excluding carboxylic acids is 1. The zero-order valence-corrected chi connectivity index (χ0v) is 15.4. The Bertz CT molecular complexity index is 885. The summed E-state index contributed by atoms with van der Waals surface area (Å²) in [6.07, 6.45) is 4.77. The molecular formula is C18H22N4O3S. The fourth-order valence-electron chi connectivity index (χ4n) is 2.85. The van der Waals surface area contributed by atoms with Crippen molar-refractivity contribution in [2.24, 2.45) is 0 Å². The molecule has 2 aromatic rings. The van der Waals surface area contributed by atoms with E-state index in [1.54, 1.807) is 35.5 Å². The van der Waals surface area contributed by atoms with E-state index >= 15 is 0 Å². The quantitative estimate of drug-likeness (QED) is 0.809. The molecule has 0 saturated carbocycles. The molecule has 0 aliphatic carbocycles. The largest absolute Gasteiger partial charge is 0.338 e. The van der Waals surface area contributed by atoms with E-state index < -0.39 is 10.0 Å². The van der Waals surface area contributed by atoms with Crippen LogP contribution < -0.4 is 14.9 Å². The number of rotatable bonds is 6. The monoisotopic (exact) mass is 374 g/mol. The summed E-state index contributed by atoms with van der Waals surface area (Å²) in [4.78, 5) is 18.0. The van der Waals surface area contributed by atoms with Gasteiger partial charge in [-0.3, -0.25) is 9.88 Å². The number of carbonyl (C=O) groups is 1. The fourth-order valence-corrected chi connectivity index (χ4v) is 3.92. The van der Waals surface area contributed by atoms with Gasteiger partial charge in [0.1, 0.15) is 0 Å². The molecule has 7 nitrogen and oxygen atoms in total. The molecule has 0 unspecified atom stereocenters. The van der Waals surface area contributed by atoms with Crippen LogP contribution in [0.4, 0.5) is 10.5 Å². The second-order valence-corrected chi connectivity index (χ2v) is 7.88. The van der Waals surface area contributed by atoms with E-state index in [2.05, 4.69) is 15.0 Å². The highest BCUT2D eigenvalue weighted by atomic mass is 32.2. The molecule has 8 heteroatoms. The lowest BCUT2D eigenvalue weighted by Gasteiger charge is -2.18. The Hall–Kier alpha value is -2.45. The van der Waals surface area contributed by atoms with E-state index in [-0.39, 0.29) is 17.5 Å². The van der Waals surface area contributed by atoms with Gasteiger partial charge in [-0.25, -0.2) is 17.9 Å². The molecule has 1 aromatic heterocycles. The minimum absolute atomic E-state index is 0.143. The standard InChI is InChI=1S/C18H22N4O3S/c1-2-8-20-18(23)22-10-7-15-11-16(5-6-17(15)22)26(24,25)21-13-14-4-3-9-19-12-14/h3-6,9,11-12,21H,2,7-8,10,13H2,1H3,(H,20,23). The predicted molar refractivity (Wildman–Crippen MR) is 99.4 cm³/mol. The molecule has 1 aliphatic rings. The van der Waals surface area contributed by atoms with E-state index in [0.29, 0.717) is 19.5 Å². The van der Waals surface area contributed by atoms with Crippen LogP contribution in [0.15, 0.2) is 47.6 Å². The number of urea groups is 1. The number of fused-ring (bicyclic) bond motifs is 1. The zero-order chi connectivity index (χ0) is 18.6. The van der Waals surface area contributed by atoms with Crippen molar-refractivity contribution in [3.8, 4) is 0 Å². The van der Waals surface area contributed by atoms with Crippen LogP contribution in [0.5, 0.6) is 0 Å². The van der Waals surface area contributed by atoms with Gasteiger partial charge in [-0.05, 0) is 48.2 Å². The highest BCUT2D eigenvalue weighted by Crippen LogP contribution is 2.30. The third-order valence-corrected chi connectivity index (χ3v) is 5.62. The summed E-state index contributed by atoms with van der Waals surface area (Å²) in [6.45, 7) is 3.35. The summed E-state index contributed by atoms with van der Waals surface area (Å²) in [5.41, 5.74) is 2.42. The van der Waals surface area contributed by atoms with Gasteiger partial charge in [0.15, 0.2) is 0 Å². The molecule has 0 radical (unpaired) electrons. The molecular weight excluding hydrogens is 352 g/mol. The third-order valence-electron chi connectivity index (χ3n) is 4.22. The maximum Gasteiger partial charge on any atom is 0.321 e. The minimum atomic E-state index is -3.63. The van der Waals surface area contributed by atoms with E-state index in [1.165, 1.54) is 6.07 Å². The number of hydrogen-bond acceptors (Lipinski definition) is 4. The van der Waals surface area contributed by atoms with Gasteiger partial charge in [0.2, 0.25) is 10.0 Å². The molecule has 0 saturated heterocycles. The van der Waals surface area contributed by atoms with E-state index in [9.17, 15) is 13.2 Å². The number of anilines is 1. The van der Waals surface area contributed by atoms with Crippen LogP contribution in [-0.2, 0) is 23.0 Å². The Morgan fingerprint density at radius 1 is 1.31 bits per heavy atom. The lowest BCUT2D eigenvalue weighted by Crippen LogP contribution is -2.39. The van der Waals surface area contributed by atoms with Crippen molar-refractivity contribution >= 4 is 21.7 Å². The summed E-state index contributed by atoms with van der Waals surface area (Å²) in [6, 6.07) is 8.31. The second-order valence-electron chi connectivity index (χ2n) is 6.11. The number of amides is 2. The molecule has 2 heterocycles. The number of aromatic nitrogens is 1. The Labute approximate surface area is 153 Å². The van der Waals surface area contributed by atoms with E-state index in [0.717, 1.165) is 23.2 Å². The van der Waals surface area contributed by atoms with Crippen LogP contribution in [0, 0.1) is 0 Å². The Kier molecular flexibility index (Phi) is 5.53. The molecule has 138 valence electrons. The van der Waals surface area contributed by atoms with Crippen molar-refractivity contribution in [1.29, 1.82) is 0 Å². The van der Waals surface area contributed by atoms with Crippen LogP contribution in [0.1, 0.15) is 24.5 Å². The lowest BCUT2D eigenvalue weighted by molar-refractivity contribution is 0.247. The third kappa shape index (κ3) is 4.03. The first-order chi connectivity index (χ1) is 12.5. The van der Waals surface area contributed by atoms with Crippen molar-refractivity contribution in [3.05, 3.63) is 53.9 Å². The Balaban J connectivity index is 1.73. The summed E-state index contributed by atoms with van der Waals surface area (Å²) in [5, 5.41) is 2.85. The van der Waals surface area contributed by atoms with Crippen LogP contribution in [0.2, 0.25) is 0 Å². The number of benzene rings is 1. The first-order valence-corrected chi connectivity index (χ1v) is 10.1. The van der Waals surface area contributed by atoms with Gasteiger partial charge in [0.25, 0.3) is 0 Å². The van der Waals surface area contributed by atoms with Crippen LogP contribution in [-0.4, -0.2) is 32.5 Å². The van der Waals surface area contributed by atoms with E-state index in [4.69, 9.17) is 0 Å². The predicted octanol–water partition coefficient (Wildman–Crippen LogP) is 2.04. The van der Waals surface area contributed by atoms with Gasteiger partial charge in [-0.1, -0.05) is 13.0 Å². The highest BCUT2D eigenvalue weighted by Gasteiger charge is 2.26. The van der Waals surface area contributed by atoms with Crippen LogP contribution in [0.3, 0.4) is 0 Å². The molecule has 0 atom stereocenters. The van der Waals surface area contributed by atoms with Crippen molar-refractivity contribution in [1.82, 2.24) is 15.0 Å². The van der Waals surface area contributed by atoms with Gasteiger partial charge >= 0.3 is 6.03 Å². The van der Waals surface area contributed by atoms with Gasteiger partial charge in [-0.15, -0.1) is 0 Å². The Morgan fingerprint density at radius 2 is 2.15 bits per heavy atom. The number of hydrogen-bond donors (Lipinski definition) is 2. The first-order valence-electron chi connectivity index (χ1n) is 8.58. The molecule has 1 aromatic carbocycles. The number of sulfonamides is 1. The van der Waals surface area contributed by atoms with Crippen molar-refractivity contribution in [2.45, 2.75) is 31.2 Å². The average molecular weight is 374 g/mol. The second kappa shape index (κ2) is 7.84. The number of nitrogens with zero attached hydrogens (tertiary/aromatic N) is 2. The molecule has 0 spiro atoms. The van der Waals surface area contributed by atoms with E-state index in [1.807, 2.05) is 13.0 Å². The smallest absolute Gasteiger partial charge is 0.321 e. The molecule has 3 rings (SSSR count). The van der Waals surface area contributed by atoms with Gasteiger partial charge in [0, 0.05) is 37.7 Å². The average Bonchev–Trinajstić information content (AvgIpc) is 3.09. The molecule has 0 bridgehead atoms. The molecule has 1 aliphatic heterocycles. The maximum absolute atomic E-state index is 12.5. The molecule has 2 amide bonds. The summed E-state index contributed by atoms with van der Waals surface area (Å²) < 4.78 is 27.7. The fraction of sp³-hybridized carbons (Fsp3) is 0.333. The Morgan fingerprint density at radius 3 is 2.88 bits per heavy atom. The SMILES string of the molecule is CCCNC(=O)N1CCc2cc(S(=O)(=O)NCc3cccnc3)ccc21. The topological polar surface area (TPSA) is 91.4 Å². The summed E-state index contributed by atoms with van der Waals surface area (Å²) in [5.74, 6) is 0. The van der Waals surface area contributed by atoms with Gasteiger partial charge < -0.3 is 5.32 Å². The highest BCUT2D eigenvalue weighted by molar-refractivity contribution is 7.89. The number of nitrogens with one attached hydrogen (secondary N) is 2. The van der Waals surface area contributed by atoms with Crippen LogP contribution >= 0.6 is 0 Å². The molecule has 26 heavy (non-hydrogen) atoms. The van der Waals surface area contributed by atoms with Crippen molar-refractivity contribution < 1.29 is 13.2 Å². The summed E-state index contributed by atoms with van der Waals surface area (Å²) in [7, 11) is -3.63. The van der Waals surface area contributed by atoms with Crippen LogP contribution in [0.25, 0.3) is 0 Å². The zero-order valence-electron chi connectivity index (χ0n) is 14.6. The van der Waals surface area contributed by atoms with Crippen molar-refractivity contribution in [2.75, 3.05) is 18.0 Å². The molecule has 0 fully saturated rings. The minimum Gasteiger partial charge on any atom is -0.338 e.